The van der Waals surface area contributed by atoms with Crippen LogP contribution in [0.25, 0.3) is 84.8 Å². The Morgan fingerprint density at radius 2 is 1.21 bits per heavy atom. The molecule has 3 nitrogen and oxygen atoms in total. The van der Waals surface area contributed by atoms with Gasteiger partial charge in [0.15, 0.2) is 0 Å². The number of hydrogen-bond acceptors (Lipinski definition) is 5. The Morgan fingerprint density at radius 1 is 0.481 bits per heavy atom. The number of benzene rings is 8. The Bertz CT molecular complexity index is 3130. The van der Waals surface area contributed by atoms with Gasteiger partial charge >= 0.3 is 0 Å². The Hall–Kier alpha value is -6.27. The van der Waals surface area contributed by atoms with Crippen LogP contribution in [0.1, 0.15) is 0 Å². The van der Waals surface area contributed by atoms with E-state index < -0.39 is 0 Å². The number of furan rings is 1. The summed E-state index contributed by atoms with van der Waals surface area (Å²) >= 11 is 3.63. The van der Waals surface area contributed by atoms with Crippen molar-refractivity contribution >= 4 is 103 Å². The average molecular weight is 701 g/mol. The maximum atomic E-state index is 6.40. The Balaban J connectivity index is 1.14. The van der Waals surface area contributed by atoms with Gasteiger partial charge in [0.05, 0.1) is 21.3 Å². The molecule has 8 aromatic carbocycles. The third-order valence-corrected chi connectivity index (χ3v) is 12.4. The minimum Gasteiger partial charge on any atom is -0.456 e. The molecule has 0 aliphatic carbocycles. The topological polar surface area (TPSA) is 29.3 Å². The van der Waals surface area contributed by atoms with Crippen molar-refractivity contribution in [3.63, 3.8) is 0 Å². The lowest BCUT2D eigenvalue weighted by Crippen LogP contribution is -2.10. The molecule has 5 heteroatoms. The molecule has 244 valence electrons. The predicted molar refractivity (Wildman–Crippen MR) is 223 cm³/mol. The number of thiazole rings is 1. The molecule has 0 atom stereocenters. The first-order valence-electron chi connectivity index (χ1n) is 17.4. The van der Waals surface area contributed by atoms with Crippen molar-refractivity contribution < 1.29 is 4.42 Å². The van der Waals surface area contributed by atoms with Crippen LogP contribution < -0.4 is 4.90 Å². The SMILES string of the molecule is c1ccc(-c2nc3ccc4sc5ccc(N(c6ccc(-c7cccc8ccccc78)cc6)c6cccc7oc8ccccc8c67)cc5c4c3s2)cc1. The first kappa shape index (κ1) is 29.5. The van der Waals surface area contributed by atoms with Gasteiger partial charge in [-0.15, -0.1) is 22.7 Å². The average Bonchev–Trinajstić information content (AvgIpc) is 3.92. The zero-order chi connectivity index (χ0) is 34.2. The van der Waals surface area contributed by atoms with Gasteiger partial charge in [-0.05, 0) is 82.6 Å². The van der Waals surface area contributed by atoms with Gasteiger partial charge in [0.2, 0.25) is 0 Å². The van der Waals surface area contributed by atoms with Gasteiger partial charge in [0.1, 0.15) is 16.2 Å². The highest BCUT2D eigenvalue weighted by Gasteiger charge is 2.21. The summed E-state index contributed by atoms with van der Waals surface area (Å²) < 4.78 is 10.2. The van der Waals surface area contributed by atoms with Gasteiger partial charge in [-0.3, -0.25) is 0 Å². The van der Waals surface area contributed by atoms with Crippen LogP contribution in [-0.2, 0) is 0 Å². The van der Waals surface area contributed by atoms with Crippen molar-refractivity contribution in [3.8, 4) is 21.7 Å². The monoisotopic (exact) mass is 700 g/mol. The van der Waals surface area contributed by atoms with E-state index in [1.165, 1.54) is 46.8 Å². The number of rotatable bonds is 5. The van der Waals surface area contributed by atoms with E-state index in [9.17, 15) is 0 Å². The fourth-order valence-electron chi connectivity index (χ4n) is 7.71. The molecule has 3 heterocycles. The summed E-state index contributed by atoms with van der Waals surface area (Å²) in [7, 11) is 0. The second kappa shape index (κ2) is 11.6. The third-order valence-electron chi connectivity index (χ3n) is 10.1. The van der Waals surface area contributed by atoms with Crippen molar-refractivity contribution in [1.29, 1.82) is 0 Å². The summed E-state index contributed by atoms with van der Waals surface area (Å²) in [4.78, 5) is 7.48. The first-order chi connectivity index (χ1) is 25.8. The molecule has 3 aromatic heterocycles. The Morgan fingerprint density at radius 3 is 2.12 bits per heavy atom. The molecule has 0 bridgehead atoms. The molecule has 11 rings (SSSR count). The van der Waals surface area contributed by atoms with E-state index in [0.717, 1.165) is 55.1 Å². The van der Waals surface area contributed by atoms with Crippen LogP contribution in [-0.4, -0.2) is 4.98 Å². The highest BCUT2D eigenvalue weighted by Crippen LogP contribution is 2.47. The molecule has 0 saturated carbocycles. The number of aromatic nitrogens is 1. The van der Waals surface area contributed by atoms with E-state index in [2.05, 4.69) is 169 Å². The smallest absolute Gasteiger partial charge is 0.137 e. The molecule has 11 aromatic rings. The molecule has 0 N–H and O–H groups in total. The van der Waals surface area contributed by atoms with Gasteiger partial charge in [-0.1, -0.05) is 109 Å². The number of thiophene rings is 1. The maximum absolute atomic E-state index is 6.40. The number of anilines is 3. The van der Waals surface area contributed by atoms with Gasteiger partial charge in [0, 0.05) is 42.5 Å². The largest absolute Gasteiger partial charge is 0.456 e. The summed E-state index contributed by atoms with van der Waals surface area (Å²) in [5.41, 5.74) is 9.61. The summed E-state index contributed by atoms with van der Waals surface area (Å²) in [5, 5.41) is 8.27. The number of nitrogens with zero attached hydrogens (tertiary/aromatic N) is 2. The van der Waals surface area contributed by atoms with Gasteiger partial charge < -0.3 is 9.32 Å². The Labute approximate surface area is 307 Å². The second-order valence-corrected chi connectivity index (χ2v) is 15.2. The predicted octanol–water partition coefficient (Wildman–Crippen LogP) is 14.5. The summed E-state index contributed by atoms with van der Waals surface area (Å²) in [6.45, 7) is 0. The number of hydrogen-bond donors (Lipinski definition) is 0. The highest BCUT2D eigenvalue weighted by atomic mass is 32.1. The van der Waals surface area contributed by atoms with Crippen LogP contribution in [0.2, 0.25) is 0 Å². The maximum Gasteiger partial charge on any atom is 0.137 e. The van der Waals surface area contributed by atoms with Crippen LogP contribution in [0, 0.1) is 0 Å². The lowest BCUT2D eigenvalue weighted by Gasteiger charge is -2.26. The minimum atomic E-state index is 0.873. The number of fused-ring (bicyclic) bond motifs is 9. The van der Waals surface area contributed by atoms with Crippen LogP contribution in [0.5, 0.6) is 0 Å². The standard InChI is InChI=1S/C47H28N2OS2/c1-2-11-31(12-3-1)47-48-38-25-27-43-45(46(38)52-47)37-28-33(24-26-42(37)51-43)49(39-17-9-19-41-44(39)36-15-6-7-18-40(36)50-41)32-22-20-30(21-23-32)35-16-8-13-29-10-4-5-14-34(29)35/h1-28H. The fraction of sp³-hybridized carbons (Fsp3) is 0. The molecule has 0 unspecified atom stereocenters. The van der Waals surface area contributed by atoms with Gasteiger partial charge in [-0.25, -0.2) is 4.98 Å². The van der Waals surface area contributed by atoms with Crippen LogP contribution in [0.3, 0.4) is 0 Å². The highest BCUT2D eigenvalue weighted by molar-refractivity contribution is 7.28. The molecule has 0 aliphatic heterocycles. The lowest BCUT2D eigenvalue weighted by molar-refractivity contribution is 0.669. The molecule has 52 heavy (non-hydrogen) atoms. The molecule has 0 aliphatic rings. The van der Waals surface area contributed by atoms with E-state index in [0.29, 0.717) is 0 Å². The minimum absolute atomic E-state index is 0.873. The molecule has 0 amide bonds. The van der Waals surface area contributed by atoms with Crippen LogP contribution in [0.4, 0.5) is 17.1 Å². The zero-order valence-corrected chi connectivity index (χ0v) is 29.4. The summed E-state index contributed by atoms with van der Waals surface area (Å²) in [5.74, 6) is 0. The zero-order valence-electron chi connectivity index (χ0n) is 27.8. The third kappa shape index (κ3) is 4.60. The molecular weight excluding hydrogens is 673 g/mol. The van der Waals surface area contributed by atoms with Crippen molar-refractivity contribution in [2.45, 2.75) is 0 Å². The fourth-order valence-corrected chi connectivity index (χ4v) is 10.0. The van der Waals surface area contributed by atoms with Crippen molar-refractivity contribution in [2.75, 3.05) is 4.90 Å². The second-order valence-electron chi connectivity index (χ2n) is 13.1. The van der Waals surface area contributed by atoms with Crippen molar-refractivity contribution in [1.82, 2.24) is 4.98 Å². The first-order valence-corrected chi connectivity index (χ1v) is 19.0. The molecule has 0 spiro atoms. The normalized spacial score (nSPS) is 11.8. The van der Waals surface area contributed by atoms with Crippen molar-refractivity contribution in [3.05, 3.63) is 170 Å². The van der Waals surface area contributed by atoms with Gasteiger partial charge in [-0.2, -0.15) is 0 Å². The quantitative estimate of drug-likeness (QED) is 0.179. The number of para-hydroxylation sites is 1. The van der Waals surface area contributed by atoms with E-state index in [4.69, 9.17) is 9.40 Å². The van der Waals surface area contributed by atoms with E-state index in [-0.39, 0.29) is 0 Å². The lowest BCUT2D eigenvalue weighted by atomic mass is 9.98. The Kier molecular flexibility index (Phi) is 6.59. The van der Waals surface area contributed by atoms with E-state index in [1.807, 2.05) is 17.4 Å². The molecule has 0 radical (unpaired) electrons. The van der Waals surface area contributed by atoms with Crippen LogP contribution >= 0.6 is 22.7 Å². The molecular formula is C47H28N2OS2. The molecule has 0 saturated heterocycles. The van der Waals surface area contributed by atoms with Gasteiger partial charge in [0.25, 0.3) is 0 Å². The summed E-state index contributed by atoms with van der Waals surface area (Å²) in [6, 6.07) is 60.7. The van der Waals surface area contributed by atoms with E-state index in [1.54, 1.807) is 11.3 Å². The summed E-state index contributed by atoms with van der Waals surface area (Å²) in [6.07, 6.45) is 0. The van der Waals surface area contributed by atoms with Crippen LogP contribution in [0.15, 0.2) is 174 Å². The van der Waals surface area contributed by atoms with Crippen molar-refractivity contribution in [2.24, 2.45) is 0 Å². The molecule has 0 fully saturated rings. The van der Waals surface area contributed by atoms with E-state index >= 15 is 0 Å².